The van der Waals surface area contributed by atoms with Crippen LogP contribution in [0.1, 0.15) is 47.3 Å². The number of carbonyl (C=O) groups excluding carboxylic acids is 3. The Morgan fingerprint density at radius 2 is 1.91 bits per heavy atom. The first-order chi connectivity index (χ1) is 16.7. The van der Waals surface area contributed by atoms with E-state index in [0.29, 0.717) is 37.3 Å². The van der Waals surface area contributed by atoms with E-state index in [-0.39, 0.29) is 30.9 Å². The van der Waals surface area contributed by atoms with Crippen molar-refractivity contribution in [1.29, 1.82) is 0 Å². The summed E-state index contributed by atoms with van der Waals surface area (Å²) < 4.78 is 1.59. The molecule has 3 aliphatic rings. The third-order valence-corrected chi connectivity index (χ3v) is 7.29. The topological polar surface area (TPSA) is 119 Å². The summed E-state index contributed by atoms with van der Waals surface area (Å²) in [4.78, 5) is 41.4. The highest BCUT2D eigenvalue weighted by Gasteiger charge is 2.41. The Morgan fingerprint density at radius 3 is 2.63 bits per heavy atom. The molecule has 4 N–H and O–H groups in total. The molecule has 3 heterocycles. The summed E-state index contributed by atoms with van der Waals surface area (Å²) in [6.07, 6.45) is 4.49. The van der Waals surface area contributed by atoms with Gasteiger partial charge in [0.1, 0.15) is 12.4 Å². The van der Waals surface area contributed by atoms with Crippen molar-refractivity contribution in [2.75, 3.05) is 42.4 Å². The van der Waals surface area contributed by atoms with Gasteiger partial charge in [0.25, 0.3) is 5.91 Å². The van der Waals surface area contributed by atoms with Gasteiger partial charge >= 0.3 is 6.03 Å². The van der Waals surface area contributed by atoms with Gasteiger partial charge in [-0.25, -0.2) is 4.79 Å². The lowest BCUT2D eigenvalue weighted by molar-refractivity contribution is -0.137. The average molecular weight is 481 g/mol. The second-order valence-electron chi connectivity index (χ2n) is 9.95. The van der Waals surface area contributed by atoms with Crippen molar-refractivity contribution in [3.8, 4) is 0 Å². The number of nitrogens with one attached hydrogen (secondary N) is 3. The van der Waals surface area contributed by atoms with Crippen molar-refractivity contribution in [3.05, 3.63) is 47.3 Å². The van der Waals surface area contributed by atoms with E-state index in [4.69, 9.17) is 0 Å². The van der Waals surface area contributed by atoms with Crippen molar-refractivity contribution in [3.63, 3.8) is 0 Å². The van der Waals surface area contributed by atoms with Crippen LogP contribution in [0.3, 0.4) is 0 Å². The van der Waals surface area contributed by atoms with Crippen LogP contribution in [0.4, 0.5) is 16.2 Å². The molecule has 2 fully saturated rings. The number of anilines is 2. The van der Waals surface area contributed by atoms with Gasteiger partial charge in [-0.15, -0.1) is 0 Å². The summed E-state index contributed by atoms with van der Waals surface area (Å²) in [5.41, 5.74) is 5.77. The maximum atomic E-state index is 13.1. The number of carbonyl (C=O) groups is 3. The lowest BCUT2D eigenvalue weighted by Crippen LogP contribution is -2.56. The number of piperidine rings is 1. The molecule has 1 saturated carbocycles. The molecule has 186 valence electrons. The third-order valence-electron chi connectivity index (χ3n) is 7.29. The fraction of sp³-hybridized carbons (Fsp3) is 0.480. The molecule has 1 aromatic heterocycles. The van der Waals surface area contributed by atoms with Gasteiger partial charge < -0.3 is 31.0 Å². The van der Waals surface area contributed by atoms with Crippen LogP contribution in [0.15, 0.2) is 30.5 Å². The van der Waals surface area contributed by atoms with Gasteiger partial charge in [0, 0.05) is 24.7 Å². The van der Waals surface area contributed by atoms with Crippen LogP contribution in [0.2, 0.25) is 0 Å². The molecule has 0 spiro atoms. The van der Waals surface area contributed by atoms with E-state index in [1.807, 2.05) is 36.9 Å². The highest BCUT2D eigenvalue weighted by molar-refractivity contribution is 6.02. The molecule has 2 aromatic rings. The standard InChI is InChI=1S/C25H32N6O4/c1-16-4-3-5-20(17(16)2)28-24(34)27-19-12-21-23(33)30(15-26-31(21)13-19)14-25(35)8-10-29(11-9-25)22(32)18-6-7-18/h3-5,12-13,18,26,35H,6-11,14-15H2,1-2H3,(H2,27,28,34). The Balaban J connectivity index is 1.19. The summed E-state index contributed by atoms with van der Waals surface area (Å²) in [6, 6.07) is 6.93. The Kier molecular flexibility index (Phi) is 5.92. The highest BCUT2D eigenvalue weighted by Crippen LogP contribution is 2.33. The number of aryl methyl sites for hydroxylation is 1. The number of benzene rings is 1. The van der Waals surface area contributed by atoms with E-state index in [0.717, 1.165) is 29.7 Å². The summed E-state index contributed by atoms with van der Waals surface area (Å²) in [5.74, 6) is 0.145. The van der Waals surface area contributed by atoms with E-state index in [9.17, 15) is 19.5 Å². The molecule has 1 saturated heterocycles. The largest absolute Gasteiger partial charge is 0.388 e. The molecule has 10 heteroatoms. The lowest BCUT2D eigenvalue weighted by Gasteiger charge is -2.42. The zero-order valence-electron chi connectivity index (χ0n) is 20.1. The van der Waals surface area contributed by atoms with Crippen LogP contribution in [0.5, 0.6) is 0 Å². The molecule has 35 heavy (non-hydrogen) atoms. The van der Waals surface area contributed by atoms with E-state index >= 15 is 0 Å². The number of hydrogen-bond acceptors (Lipinski definition) is 5. The number of amides is 4. The second-order valence-corrected chi connectivity index (χ2v) is 9.95. The second kappa shape index (κ2) is 8.92. The van der Waals surface area contributed by atoms with Crippen LogP contribution in [-0.2, 0) is 4.79 Å². The number of aliphatic hydroxyl groups is 1. The molecular formula is C25H32N6O4. The third kappa shape index (κ3) is 4.84. The minimum absolute atomic E-state index is 0.174. The smallest absolute Gasteiger partial charge is 0.323 e. The molecule has 0 unspecified atom stereocenters. The number of nitrogens with zero attached hydrogens (tertiary/aromatic N) is 3. The molecule has 4 amide bonds. The fourth-order valence-electron chi connectivity index (χ4n) is 4.77. The minimum Gasteiger partial charge on any atom is -0.388 e. The Bertz CT molecular complexity index is 1160. The van der Waals surface area contributed by atoms with Gasteiger partial charge in [0.15, 0.2) is 0 Å². The first kappa shape index (κ1) is 23.2. The fourth-order valence-corrected chi connectivity index (χ4v) is 4.77. The van der Waals surface area contributed by atoms with Crippen LogP contribution < -0.4 is 16.1 Å². The van der Waals surface area contributed by atoms with Crippen LogP contribution in [0, 0.1) is 19.8 Å². The SMILES string of the molecule is Cc1cccc(NC(=O)Nc2cc3n(c2)NCN(CC2(O)CCN(C(=O)C4CC4)CC2)C3=O)c1C. The molecule has 10 nitrogen and oxygen atoms in total. The Labute approximate surface area is 204 Å². The predicted molar refractivity (Wildman–Crippen MR) is 132 cm³/mol. The van der Waals surface area contributed by atoms with Crippen molar-refractivity contribution in [2.45, 2.75) is 45.1 Å². The van der Waals surface area contributed by atoms with Crippen molar-refractivity contribution in [1.82, 2.24) is 14.5 Å². The average Bonchev–Trinajstić information content (AvgIpc) is 3.59. The number of urea groups is 1. The van der Waals surface area contributed by atoms with Crippen LogP contribution >= 0.6 is 0 Å². The number of hydrogen-bond donors (Lipinski definition) is 4. The Morgan fingerprint density at radius 1 is 1.17 bits per heavy atom. The molecule has 1 aliphatic carbocycles. The van der Waals surface area contributed by atoms with Gasteiger partial charge in [0.2, 0.25) is 5.91 Å². The van der Waals surface area contributed by atoms with E-state index < -0.39 is 11.6 Å². The number of rotatable bonds is 5. The summed E-state index contributed by atoms with van der Waals surface area (Å²) in [7, 11) is 0. The van der Waals surface area contributed by atoms with Crippen molar-refractivity contribution < 1.29 is 19.5 Å². The zero-order chi connectivity index (χ0) is 24.7. The highest BCUT2D eigenvalue weighted by atomic mass is 16.3. The van der Waals surface area contributed by atoms with Gasteiger partial charge in [-0.2, -0.15) is 0 Å². The zero-order valence-corrected chi connectivity index (χ0v) is 20.1. The summed E-state index contributed by atoms with van der Waals surface area (Å²) in [6.45, 7) is 5.38. The number of aromatic nitrogens is 1. The summed E-state index contributed by atoms with van der Waals surface area (Å²) in [5, 5.41) is 16.7. The molecular weight excluding hydrogens is 448 g/mol. The predicted octanol–water partition coefficient (Wildman–Crippen LogP) is 2.47. The van der Waals surface area contributed by atoms with Crippen molar-refractivity contribution in [2.24, 2.45) is 5.92 Å². The molecule has 2 aliphatic heterocycles. The van der Waals surface area contributed by atoms with Crippen LogP contribution in [-0.4, -0.2) is 69.3 Å². The maximum Gasteiger partial charge on any atom is 0.323 e. The maximum absolute atomic E-state index is 13.1. The number of β-amino-alcohol motifs (C(OH)–C–C–N with tert-alkyl or cyclic N) is 1. The Hall–Kier alpha value is -3.53. The quantitative estimate of drug-likeness (QED) is 0.524. The molecule has 0 atom stereocenters. The van der Waals surface area contributed by atoms with E-state index in [1.54, 1.807) is 21.8 Å². The van der Waals surface area contributed by atoms with Gasteiger partial charge in [-0.05, 0) is 62.8 Å². The molecule has 1 aromatic carbocycles. The number of fused-ring (bicyclic) bond motifs is 1. The normalized spacial score (nSPS) is 19.1. The van der Waals surface area contributed by atoms with Gasteiger partial charge in [0.05, 0.1) is 24.0 Å². The molecule has 5 rings (SSSR count). The molecule has 0 bridgehead atoms. The first-order valence-corrected chi connectivity index (χ1v) is 12.1. The van der Waals surface area contributed by atoms with Crippen molar-refractivity contribution >= 4 is 29.2 Å². The first-order valence-electron chi connectivity index (χ1n) is 12.1. The number of likely N-dealkylation sites (tertiary alicyclic amines) is 1. The van der Waals surface area contributed by atoms with Gasteiger partial charge in [-0.1, -0.05) is 12.1 Å². The molecule has 0 radical (unpaired) electrons. The van der Waals surface area contributed by atoms with Crippen LogP contribution in [0.25, 0.3) is 0 Å². The van der Waals surface area contributed by atoms with E-state index in [2.05, 4.69) is 16.1 Å². The van der Waals surface area contributed by atoms with E-state index in [1.165, 1.54) is 0 Å². The monoisotopic (exact) mass is 480 g/mol. The van der Waals surface area contributed by atoms with Gasteiger partial charge in [-0.3, -0.25) is 14.3 Å². The summed E-state index contributed by atoms with van der Waals surface area (Å²) >= 11 is 0. The lowest BCUT2D eigenvalue weighted by atomic mass is 9.90. The minimum atomic E-state index is -1.03.